The van der Waals surface area contributed by atoms with Crippen LogP contribution in [-0.4, -0.2) is 26.4 Å². The highest BCUT2D eigenvalue weighted by Gasteiger charge is 2.29. The minimum Gasteiger partial charge on any atom is -0.493 e. The van der Waals surface area contributed by atoms with Crippen LogP contribution in [0.1, 0.15) is 18.9 Å². The number of hydrogen-bond acceptors (Lipinski definition) is 5. The van der Waals surface area contributed by atoms with Crippen molar-refractivity contribution in [1.82, 2.24) is 0 Å². The molecule has 0 saturated carbocycles. The van der Waals surface area contributed by atoms with Crippen LogP contribution in [0, 0.1) is 0 Å². The topological polar surface area (TPSA) is 59.6 Å². The second-order valence-corrected chi connectivity index (χ2v) is 6.65. The van der Waals surface area contributed by atoms with Crippen LogP contribution < -0.4 is 20.1 Å². The van der Waals surface area contributed by atoms with Crippen LogP contribution in [0.15, 0.2) is 47.0 Å². The van der Waals surface area contributed by atoms with Crippen LogP contribution in [0.5, 0.6) is 11.5 Å². The lowest BCUT2D eigenvalue weighted by molar-refractivity contribution is -0.110. The molecule has 1 aliphatic rings. The van der Waals surface area contributed by atoms with Gasteiger partial charge in [-0.3, -0.25) is 4.79 Å². The Hall–Kier alpha value is -2.60. The summed E-state index contributed by atoms with van der Waals surface area (Å²) < 4.78 is 10.7. The van der Waals surface area contributed by atoms with E-state index in [0.717, 1.165) is 22.6 Å². The number of amides is 1. The number of carbonyl (C=O) groups is 1. The molecule has 0 aromatic heterocycles. The Morgan fingerprint density at radius 1 is 1.12 bits per heavy atom. The molecule has 0 spiro atoms. The highest BCUT2D eigenvalue weighted by atomic mass is 32.2. The Morgan fingerprint density at radius 2 is 1.77 bits per heavy atom. The van der Waals surface area contributed by atoms with Crippen LogP contribution in [0.4, 0.5) is 11.4 Å². The molecule has 136 valence electrons. The summed E-state index contributed by atoms with van der Waals surface area (Å²) in [7, 11) is 3.17. The summed E-state index contributed by atoms with van der Waals surface area (Å²) in [6, 6.07) is 11.8. The van der Waals surface area contributed by atoms with Gasteiger partial charge in [0, 0.05) is 27.9 Å². The molecule has 2 aromatic rings. The van der Waals surface area contributed by atoms with Gasteiger partial charge in [-0.2, -0.15) is 0 Å². The van der Waals surface area contributed by atoms with Gasteiger partial charge in [0.1, 0.15) is 0 Å². The van der Waals surface area contributed by atoms with E-state index in [9.17, 15) is 4.79 Å². The number of allylic oxidation sites excluding steroid dienone is 1. The number of methoxy groups -OCH3 is 2. The number of anilines is 2. The summed E-state index contributed by atoms with van der Waals surface area (Å²) in [6.07, 6.45) is 2.74. The molecule has 0 unspecified atom stereocenters. The molecule has 2 aromatic carbocycles. The van der Waals surface area contributed by atoms with E-state index in [1.807, 2.05) is 31.4 Å². The Kier molecular flexibility index (Phi) is 5.42. The first-order valence-electron chi connectivity index (χ1n) is 8.33. The van der Waals surface area contributed by atoms with Gasteiger partial charge < -0.3 is 20.1 Å². The van der Waals surface area contributed by atoms with Crippen molar-refractivity contribution in [1.29, 1.82) is 0 Å². The molecule has 0 atom stereocenters. The fraction of sp³-hybridized carbons (Fsp3) is 0.250. The van der Waals surface area contributed by atoms with Crippen molar-refractivity contribution in [2.75, 3.05) is 31.1 Å². The van der Waals surface area contributed by atoms with Gasteiger partial charge in [-0.1, -0.05) is 6.92 Å². The minimum absolute atomic E-state index is 0.125. The average molecular weight is 370 g/mol. The lowest BCUT2D eigenvalue weighted by Gasteiger charge is -2.14. The van der Waals surface area contributed by atoms with Crippen molar-refractivity contribution in [2.45, 2.75) is 18.2 Å². The predicted molar refractivity (Wildman–Crippen MR) is 107 cm³/mol. The summed E-state index contributed by atoms with van der Waals surface area (Å²) in [5, 5.41) is 6.31. The molecule has 0 saturated heterocycles. The standard InChI is InChI=1S/C20H22N2O3S/c1-5-15(21-12-6-8-13(26-4)9-7-12)19-14-10-17(24-2)18(25-3)11-16(14)22-20(19)23/h6-11,21H,5H2,1-4H3,(H,22,23)/b19-15-. The summed E-state index contributed by atoms with van der Waals surface area (Å²) in [5.74, 6) is 1.06. The van der Waals surface area contributed by atoms with E-state index < -0.39 is 0 Å². The average Bonchev–Trinajstić information content (AvgIpc) is 3.00. The van der Waals surface area contributed by atoms with Crippen molar-refractivity contribution >= 4 is 34.6 Å². The predicted octanol–water partition coefficient (Wildman–Crippen LogP) is 4.61. The highest BCUT2D eigenvalue weighted by molar-refractivity contribution is 7.98. The van der Waals surface area contributed by atoms with Crippen LogP contribution in [0.2, 0.25) is 0 Å². The fourth-order valence-corrected chi connectivity index (χ4v) is 3.38. The molecule has 0 fully saturated rings. The number of ether oxygens (including phenoxy) is 2. The molecule has 5 nitrogen and oxygen atoms in total. The third-order valence-corrected chi connectivity index (χ3v) is 5.05. The number of rotatable bonds is 6. The molecule has 6 heteroatoms. The number of nitrogens with one attached hydrogen (secondary N) is 2. The number of hydrogen-bond donors (Lipinski definition) is 2. The molecular weight excluding hydrogens is 348 g/mol. The van der Waals surface area contributed by atoms with E-state index in [4.69, 9.17) is 9.47 Å². The molecule has 3 rings (SSSR count). The summed E-state index contributed by atoms with van der Waals surface area (Å²) in [4.78, 5) is 13.8. The molecule has 1 aliphatic heterocycles. The van der Waals surface area contributed by atoms with Gasteiger partial charge in [0.25, 0.3) is 5.91 Å². The van der Waals surface area contributed by atoms with Crippen molar-refractivity contribution < 1.29 is 14.3 Å². The molecule has 0 aliphatic carbocycles. The Bertz CT molecular complexity index is 860. The quantitative estimate of drug-likeness (QED) is 0.574. The van der Waals surface area contributed by atoms with Gasteiger partial charge in [0.05, 0.1) is 25.5 Å². The van der Waals surface area contributed by atoms with E-state index in [2.05, 4.69) is 22.8 Å². The van der Waals surface area contributed by atoms with Crippen LogP contribution >= 0.6 is 11.8 Å². The summed E-state index contributed by atoms with van der Waals surface area (Å²) in [6.45, 7) is 2.03. The molecular formula is C20H22N2O3S. The smallest absolute Gasteiger partial charge is 0.258 e. The summed E-state index contributed by atoms with van der Waals surface area (Å²) >= 11 is 1.70. The van der Waals surface area contributed by atoms with Crippen molar-refractivity contribution in [3.8, 4) is 11.5 Å². The summed E-state index contributed by atoms with van der Waals surface area (Å²) in [5.41, 5.74) is 4.00. The van der Waals surface area contributed by atoms with E-state index >= 15 is 0 Å². The van der Waals surface area contributed by atoms with E-state index in [0.29, 0.717) is 23.5 Å². The van der Waals surface area contributed by atoms with Gasteiger partial charge in [0.15, 0.2) is 11.5 Å². The van der Waals surface area contributed by atoms with Crippen LogP contribution in [-0.2, 0) is 4.79 Å². The maximum atomic E-state index is 12.6. The monoisotopic (exact) mass is 370 g/mol. The SMILES string of the molecule is CC/C(Nc1ccc(SC)cc1)=C1/C(=O)Nc2cc(OC)c(OC)cc21. The Morgan fingerprint density at radius 3 is 2.35 bits per heavy atom. The molecule has 26 heavy (non-hydrogen) atoms. The molecule has 1 amide bonds. The first-order valence-corrected chi connectivity index (χ1v) is 9.55. The van der Waals surface area contributed by atoms with E-state index in [1.54, 1.807) is 32.0 Å². The Labute approximate surface area is 157 Å². The molecule has 2 N–H and O–H groups in total. The van der Waals surface area contributed by atoms with E-state index in [1.165, 1.54) is 4.90 Å². The maximum absolute atomic E-state index is 12.6. The Balaban J connectivity index is 2.03. The number of carbonyl (C=O) groups excluding carboxylic acids is 1. The molecule has 0 radical (unpaired) electrons. The zero-order valence-corrected chi connectivity index (χ0v) is 16.1. The zero-order valence-electron chi connectivity index (χ0n) is 15.3. The van der Waals surface area contributed by atoms with Crippen molar-refractivity contribution in [3.63, 3.8) is 0 Å². The lowest BCUT2D eigenvalue weighted by Crippen LogP contribution is -2.10. The third-order valence-electron chi connectivity index (χ3n) is 4.31. The fourth-order valence-electron chi connectivity index (χ4n) is 2.97. The number of fused-ring (bicyclic) bond motifs is 1. The molecule has 0 bridgehead atoms. The number of thioether (sulfide) groups is 1. The van der Waals surface area contributed by atoms with Crippen molar-refractivity contribution in [3.05, 3.63) is 47.7 Å². The second kappa shape index (κ2) is 7.74. The second-order valence-electron chi connectivity index (χ2n) is 5.77. The first kappa shape index (κ1) is 18.2. The number of benzene rings is 2. The van der Waals surface area contributed by atoms with Crippen LogP contribution in [0.25, 0.3) is 5.57 Å². The first-order chi connectivity index (χ1) is 12.6. The van der Waals surface area contributed by atoms with Gasteiger partial charge in [-0.05, 0) is 43.0 Å². The minimum atomic E-state index is -0.125. The third kappa shape index (κ3) is 3.37. The van der Waals surface area contributed by atoms with Gasteiger partial charge in [-0.15, -0.1) is 11.8 Å². The van der Waals surface area contributed by atoms with Gasteiger partial charge >= 0.3 is 0 Å². The largest absolute Gasteiger partial charge is 0.493 e. The van der Waals surface area contributed by atoms with E-state index in [-0.39, 0.29) is 5.91 Å². The lowest BCUT2D eigenvalue weighted by atomic mass is 10.0. The molecule has 1 heterocycles. The normalized spacial score (nSPS) is 14.5. The van der Waals surface area contributed by atoms with Crippen LogP contribution in [0.3, 0.4) is 0 Å². The highest BCUT2D eigenvalue weighted by Crippen LogP contribution is 2.42. The van der Waals surface area contributed by atoms with Gasteiger partial charge in [-0.25, -0.2) is 0 Å². The zero-order chi connectivity index (χ0) is 18.7. The van der Waals surface area contributed by atoms with Crippen molar-refractivity contribution in [2.24, 2.45) is 0 Å². The maximum Gasteiger partial charge on any atom is 0.258 e. The van der Waals surface area contributed by atoms with Gasteiger partial charge in [0.2, 0.25) is 0 Å².